The second kappa shape index (κ2) is 8.06. The quantitative estimate of drug-likeness (QED) is 0.518. The van der Waals surface area contributed by atoms with E-state index in [1.54, 1.807) is 19.1 Å². The lowest BCUT2D eigenvalue weighted by atomic mass is 10.2. The average Bonchev–Trinajstić information content (AvgIpc) is 2.64. The lowest BCUT2D eigenvalue weighted by Gasteiger charge is -2.16. The molecule has 0 unspecified atom stereocenters. The van der Waals surface area contributed by atoms with Crippen LogP contribution in [0.2, 0.25) is 5.02 Å². The van der Waals surface area contributed by atoms with Gasteiger partial charge >= 0.3 is 0 Å². The second-order valence-corrected chi connectivity index (χ2v) is 7.57. The van der Waals surface area contributed by atoms with Crippen molar-refractivity contribution < 1.29 is 4.79 Å². The summed E-state index contributed by atoms with van der Waals surface area (Å²) in [6.45, 7) is 5.49. The predicted octanol–water partition coefficient (Wildman–Crippen LogP) is 3.46. The van der Waals surface area contributed by atoms with Crippen LogP contribution < -0.4 is 10.9 Å². The monoisotopic (exact) mass is 403 g/mol. The number of nitrogens with one attached hydrogen (secondary N) is 1. The Kier molecular flexibility index (Phi) is 5.76. The molecular formula is C18H18ClN5O2S. The summed E-state index contributed by atoms with van der Waals surface area (Å²) in [4.78, 5) is 38.1. The highest BCUT2D eigenvalue weighted by molar-refractivity contribution is 7.99. The van der Waals surface area contributed by atoms with E-state index < -0.39 is 6.04 Å². The predicted molar refractivity (Wildman–Crippen MR) is 108 cm³/mol. The molecule has 0 aliphatic heterocycles. The van der Waals surface area contributed by atoms with Crippen LogP contribution in [0.4, 0.5) is 5.69 Å². The molecule has 1 atom stereocenters. The fourth-order valence-corrected chi connectivity index (χ4v) is 3.19. The summed E-state index contributed by atoms with van der Waals surface area (Å²) in [5.74, 6) is 0.477. The van der Waals surface area contributed by atoms with Gasteiger partial charge in [-0.3, -0.25) is 14.2 Å². The molecule has 7 nitrogen and oxygen atoms in total. The molecule has 0 saturated carbocycles. The highest BCUT2D eigenvalue weighted by Gasteiger charge is 2.19. The number of anilines is 1. The molecular weight excluding hydrogens is 386 g/mol. The summed E-state index contributed by atoms with van der Waals surface area (Å²) in [5.41, 5.74) is 1.43. The molecule has 9 heteroatoms. The van der Waals surface area contributed by atoms with Gasteiger partial charge in [0.05, 0.1) is 0 Å². The molecule has 0 radical (unpaired) electrons. The zero-order chi connectivity index (χ0) is 19.6. The minimum Gasteiger partial charge on any atom is -0.324 e. The molecule has 3 rings (SSSR count). The lowest BCUT2D eigenvalue weighted by Crippen LogP contribution is -2.32. The Labute approximate surface area is 165 Å². The van der Waals surface area contributed by atoms with Crippen molar-refractivity contribution in [3.05, 3.63) is 51.7 Å². The molecule has 140 valence electrons. The molecule has 2 aromatic heterocycles. The Morgan fingerprint density at radius 3 is 2.89 bits per heavy atom. The topological polar surface area (TPSA) is 89.8 Å². The van der Waals surface area contributed by atoms with Crippen molar-refractivity contribution in [3.63, 3.8) is 0 Å². The largest absolute Gasteiger partial charge is 0.324 e. The van der Waals surface area contributed by atoms with Crippen molar-refractivity contribution in [2.24, 2.45) is 0 Å². The zero-order valence-electron chi connectivity index (χ0n) is 15.1. The van der Waals surface area contributed by atoms with Gasteiger partial charge in [-0.25, -0.2) is 15.0 Å². The number of halogens is 1. The Morgan fingerprint density at radius 2 is 2.15 bits per heavy atom. The van der Waals surface area contributed by atoms with Crippen molar-refractivity contribution in [2.75, 3.05) is 11.1 Å². The molecule has 1 amide bonds. The van der Waals surface area contributed by atoms with Crippen LogP contribution in [0.15, 0.2) is 40.7 Å². The van der Waals surface area contributed by atoms with Gasteiger partial charge in [-0.1, -0.05) is 36.4 Å². The maximum absolute atomic E-state index is 12.8. The molecule has 0 aliphatic carbocycles. The summed E-state index contributed by atoms with van der Waals surface area (Å²) in [6.07, 6.45) is 2.80. The van der Waals surface area contributed by atoms with Gasteiger partial charge in [0.15, 0.2) is 10.8 Å². The first-order chi connectivity index (χ1) is 12.9. The van der Waals surface area contributed by atoms with Gasteiger partial charge in [0.1, 0.15) is 17.8 Å². The number of aromatic nitrogens is 4. The number of nitrogens with zero attached hydrogens (tertiary/aromatic N) is 4. The third kappa shape index (κ3) is 4.12. The highest BCUT2D eigenvalue weighted by Crippen LogP contribution is 2.21. The molecule has 0 saturated heterocycles. The number of carbonyl (C=O) groups excluding carboxylic acids is 1. The summed E-state index contributed by atoms with van der Waals surface area (Å²) < 4.78 is 1.27. The standard InChI is InChI=1S/C18H18ClN5O2S/c1-4-27-18-20-8-13-15(23-18)21-9-24(17(13)26)11(3)16(25)22-14-7-12(19)6-5-10(14)2/h5-9,11H,4H2,1-3H3,(H,22,25)/t11-/m1/s1. The lowest BCUT2D eigenvalue weighted by molar-refractivity contribution is -0.118. The van der Waals surface area contributed by atoms with Gasteiger partial charge in [0, 0.05) is 16.9 Å². The number of hydrogen-bond donors (Lipinski definition) is 1. The number of thioether (sulfide) groups is 1. The van der Waals surface area contributed by atoms with E-state index in [1.165, 1.54) is 28.9 Å². The molecule has 1 N–H and O–H groups in total. The van der Waals surface area contributed by atoms with Crippen LogP contribution in [0.1, 0.15) is 25.5 Å². The number of rotatable bonds is 5. The van der Waals surface area contributed by atoms with Gasteiger partial charge in [-0.05, 0) is 37.3 Å². The van der Waals surface area contributed by atoms with Gasteiger partial charge < -0.3 is 5.32 Å². The van der Waals surface area contributed by atoms with E-state index in [2.05, 4.69) is 20.3 Å². The van der Waals surface area contributed by atoms with Crippen molar-refractivity contribution in [1.82, 2.24) is 19.5 Å². The normalized spacial score (nSPS) is 12.1. The third-order valence-electron chi connectivity index (χ3n) is 4.04. The van der Waals surface area contributed by atoms with E-state index in [-0.39, 0.29) is 16.9 Å². The fraction of sp³-hybridized carbons (Fsp3) is 0.278. The van der Waals surface area contributed by atoms with E-state index in [9.17, 15) is 9.59 Å². The second-order valence-electron chi connectivity index (χ2n) is 5.90. The molecule has 0 spiro atoms. The van der Waals surface area contributed by atoms with Crippen molar-refractivity contribution in [2.45, 2.75) is 32.0 Å². The summed E-state index contributed by atoms with van der Waals surface area (Å²) in [7, 11) is 0. The Balaban J connectivity index is 1.90. The highest BCUT2D eigenvalue weighted by atomic mass is 35.5. The molecule has 0 aliphatic rings. The minimum absolute atomic E-state index is 0.275. The molecule has 27 heavy (non-hydrogen) atoms. The maximum Gasteiger partial charge on any atom is 0.265 e. The first kappa shape index (κ1) is 19.3. The van der Waals surface area contributed by atoms with Crippen LogP contribution in [-0.2, 0) is 4.79 Å². The molecule has 3 aromatic rings. The molecule has 1 aromatic carbocycles. The van der Waals surface area contributed by atoms with Crippen LogP contribution in [0, 0.1) is 6.92 Å². The average molecular weight is 404 g/mol. The van der Waals surface area contributed by atoms with Gasteiger partial charge in [0.2, 0.25) is 5.91 Å². The van der Waals surface area contributed by atoms with Crippen molar-refractivity contribution in [3.8, 4) is 0 Å². The number of fused-ring (bicyclic) bond motifs is 1. The van der Waals surface area contributed by atoms with Crippen LogP contribution in [0.25, 0.3) is 11.0 Å². The Hall–Kier alpha value is -2.45. The van der Waals surface area contributed by atoms with E-state index in [0.29, 0.717) is 21.5 Å². The fourth-order valence-electron chi connectivity index (χ4n) is 2.48. The van der Waals surface area contributed by atoms with Crippen LogP contribution >= 0.6 is 23.4 Å². The summed E-state index contributed by atoms with van der Waals surface area (Å²) in [6, 6.07) is 4.47. The summed E-state index contributed by atoms with van der Waals surface area (Å²) >= 11 is 7.46. The first-order valence-corrected chi connectivity index (χ1v) is 9.70. The number of carbonyl (C=O) groups is 1. The Morgan fingerprint density at radius 1 is 1.37 bits per heavy atom. The maximum atomic E-state index is 12.8. The van der Waals surface area contributed by atoms with Crippen LogP contribution in [0.3, 0.4) is 0 Å². The third-order valence-corrected chi connectivity index (χ3v) is 5.02. The SMILES string of the molecule is CCSc1ncc2c(=O)n([C@H](C)C(=O)Nc3cc(Cl)ccc3C)cnc2n1. The van der Waals surface area contributed by atoms with Crippen molar-refractivity contribution in [1.29, 1.82) is 0 Å². The van der Waals surface area contributed by atoms with E-state index >= 15 is 0 Å². The first-order valence-electron chi connectivity index (χ1n) is 8.34. The molecule has 2 heterocycles. The van der Waals surface area contributed by atoms with E-state index in [1.807, 2.05) is 19.9 Å². The molecule has 0 bridgehead atoms. The van der Waals surface area contributed by atoms with E-state index in [0.717, 1.165) is 11.3 Å². The van der Waals surface area contributed by atoms with Gasteiger partial charge in [-0.15, -0.1) is 0 Å². The van der Waals surface area contributed by atoms with Crippen LogP contribution in [0.5, 0.6) is 0 Å². The van der Waals surface area contributed by atoms with Crippen LogP contribution in [-0.4, -0.2) is 31.2 Å². The number of amides is 1. The molecule has 0 fully saturated rings. The van der Waals surface area contributed by atoms with Crippen molar-refractivity contribution >= 4 is 46.0 Å². The van der Waals surface area contributed by atoms with Gasteiger partial charge in [0.25, 0.3) is 5.56 Å². The Bertz CT molecular complexity index is 1070. The number of aryl methyl sites for hydroxylation is 1. The zero-order valence-corrected chi connectivity index (χ0v) is 16.6. The number of benzene rings is 1. The number of hydrogen-bond acceptors (Lipinski definition) is 6. The van der Waals surface area contributed by atoms with Gasteiger partial charge in [-0.2, -0.15) is 0 Å². The minimum atomic E-state index is -0.766. The van der Waals surface area contributed by atoms with E-state index in [4.69, 9.17) is 11.6 Å². The smallest absolute Gasteiger partial charge is 0.265 e. The summed E-state index contributed by atoms with van der Waals surface area (Å²) in [5, 5.41) is 4.17.